The lowest BCUT2D eigenvalue weighted by molar-refractivity contribution is -0.134. The smallest absolute Gasteiger partial charge is 0.330 e. The number of pyridine rings is 1. The molecule has 11 heteroatoms. The number of aryl methyl sites for hydroxylation is 1. The normalized spacial score (nSPS) is 11.7. The molecule has 0 saturated heterocycles. The van der Waals surface area contributed by atoms with E-state index >= 15 is 0 Å². The minimum atomic E-state index is -1.01. The van der Waals surface area contributed by atoms with Gasteiger partial charge in [0.25, 0.3) is 11.5 Å². The first-order chi connectivity index (χ1) is 14.9. The van der Waals surface area contributed by atoms with Gasteiger partial charge >= 0.3 is 5.97 Å². The van der Waals surface area contributed by atoms with Crippen LogP contribution in [0.2, 0.25) is 0 Å². The minimum absolute atomic E-state index is 0.0285. The van der Waals surface area contributed by atoms with E-state index in [2.05, 4.69) is 20.4 Å². The van der Waals surface area contributed by atoms with E-state index in [1.165, 1.54) is 54.7 Å². The second-order valence-electron chi connectivity index (χ2n) is 6.45. The average molecular weight is 429 g/mol. The van der Waals surface area contributed by atoms with Gasteiger partial charge in [-0.3, -0.25) is 14.4 Å². The first-order valence-corrected chi connectivity index (χ1v) is 9.33. The van der Waals surface area contributed by atoms with Crippen LogP contribution in [-0.4, -0.2) is 51.3 Å². The number of aromatic nitrogens is 3. The quantitative estimate of drug-likeness (QED) is 0.308. The summed E-state index contributed by atoms with van der Waals surface area (Å²) in [5.41, 5.74) is -0.333. The summed E-state index contributed by atoms with van der Waals surface area (Å²) >= 11 is 0. The topological polar surface area (TPSA) is 141 Å². The molecule has 164 valence electrons. The van der Waals surface area contributed by atoms with E-state index in [-0.39, 0.29) is 30.8 Å². The summed E-state index contributed by atoms with van der Waals surface area (Å²) in [6, 6.07) is 1.91. The van der Waals surface area contributed by atoms with Gasteiger partial charge in [-0.2, -0.15) is 0 Å². The molecular formula is C20H23N5O6. The molecule has 2 aromatic heterocycles. The fraction of sp³-hybridized carbons (Fsp3) is 0.300. The van der Waals surface area contributed by atoms with Gasteiger partial charge in [0.05, 0.1) is 26.2 Å². The van der Waals surface area contributed by atoms with Crippen molar-refractivity contribution in [3.8, 4) is 0 Å². The highest BCUT2D eigenvalue weighted by Crippen LogP contribution is 2.07. The molecule has 2 N–H and O–H groups in total. The molecule has 0 bridgehead atoms. The number of hydrogen-bond acceptors (Lipinski definition) is 7. The average Bonchev–Trinajstić information content (AvgIpc) is 3.18. The Morgan fingerprint density at radius 2 is 2.10 bits per heavy atom. The van der Waals surface area contributed by atoms with Gasteiger partial charge in [0.15, 0.2) is 0 Å². The third-order valence-electron chi connectivity index (χ3n) is 4.30. The third-order valence-corrected chi connectivity index (χ3v) is 4.30. The van der Waals surface area contributed by atoms with Gasteiger partial charge in [-0.25, -0.2) is 9.78 Å². The molecule has 0 aliphatic rings. The molecule has 2 aromatic rings. The van der Waals surface area contributed by atoms with Crippen molar-refractivity contribution in [2.45, 2.75) is 25.4 Å². The molecule has 0 aliphatic carbocycles. The number of carbonyl (C=O) groups excluding carboxylic acids is 4. The van der Waals surface area contributed by atoms with Gasteiger partial charge in [-0.05, 0) is 25.0 Å². The molecule has 0 aromatic carbocycles. The number of methoxy groups -OCH3 is 1. The predicted molar refractivity (Wildman–Crippen MR) is 110 cm³/mol. The van der Waals surface area contributed by atoms with Gasteiger partial charge in [-0.1, -0.05) is 6.08 Å². The van der Waals surface area contributed by atoms with Crippen molar-refractivity contribution in [1.82, 2.24) is 19.4 Å². The molecule has 31 heavy (non-hydrogen) atoms. The highest BCUT2D eigenvalue weighted by molar-refractivity contribution is 6.00. The number of allylic oxidation sites excluding steroid dienone is 1. The molecule has 2 heterocycles. The number of nitrogens with one attached hydrogen (secondary N) is 2. The molecule has 11 nitrogen and oxygen atoms in total. The minimum Gasteiger partial charge on any atom is -0.466 e. The van der Waals surface area contributed by atoms with Crippen LogP contribution in [0.5, 0.6) is 0 Å². The van der Waals surface area contributed by atoms with Crippen LogP contribution >= 0.6 is 0 Å². The Morgan fingerprint density at radius 1 is 1.32 bits per heavy atom. The van der Waals surface area contributed by atoms with E-state index in [1.54, 1.807) is 7.05 Å². The maximum absolute atomic E-state index is 12.8. The number of anilines is 1. The summed E-state index contributed by atoms with van der Waals surface area (Å²) in [7, 11) is 2.88. The monoisotopic (exact) mass is 429 g/mol. The first-order valence-electron chi connectivity index (χ1n) is 9.33. The first kappa shape index (κ1) is 23.3. The molecule has 2 rings (SSSR count). The lowest BCUT2D eigenvalue weighted by Crippen LogP contribution is -2.45. The van der Waals surface area contributed by atoms with E-state index in [0.29, 0.717) is 6.29 Å². The second-order valence-corrected chi connectivity index (χ2v) is 6.45. The number of esters is 1. The van der Waals surface area contributed by atoms with Crippen LogP contribution in [0.3, 0.4) is 0 Å². The summed E-state index contributed by atoms with van der Waals surface area (Å²) in [6.45, 7) is -0.151. The molecule has 0 radical (unpaired) electrons. The summed E-state index contributed by atoms with van der Waals surface area (Å²) in [4.78, 5) is 63.5. The van der Waals surface area contributed by atoms with E-state index in [4.69, 9.17) is 0 Å². The maximum Gasteiger partial charge on any atom is 0.330 e. The number of hydrogen-bond donors (Lipinski definition) is 2. The number of ether oxygens (including phenoxy) is 1. The van der Waals surface area contributed by atoms with Crippen LogP contribution in [0.25, 0.3) is 0 Å². The standard InChI is InChI=1S/C20H23N5O6/c1-24-13-21-12-16(24)19(29)22-14(6-3-4-8-17(27)31-2)18(28)23-15-7-5-9-25(10-11-26)20(15)30/h4-5,7-9,11-14H,3,6,10H2,1-2H3,(H,22,29)(H,23,28)/b8-4+. The number of nitrogens with zero attached hydrogens (tertiary/aromatic N) is 3. The van der Waals surface area contributed by atoms with E-state index in [0.717, 1.165) is 4.57 Å². The molecule has 0 aliphatic heterocycles. The lowest BCUT2D eigenvalue weighted by Gasteiger charge is -2.18. The van der Waals surface area contributed by atoms with Crippen molar-refractivity contribution in [2.75, 3.05) is 12.4 Å². The SMILES string of the molecule is COC(=O)/C=C/CCC(NC(=O)c1cncn1C)C(=O)Nc1cccn(CC=O)c1=O. The van der Waals surface area contributed by atoms with Crippen LogP contribution in [0.15, 0.2) is 47.8 Å². The summed E-state index contributed by atoms with van der Waals surface area (Å²) in [5.74, 6) is -1.69. The summed E-state index contributed by atoms with van der Waals surface area (Å²) < 4.78 is 7.15. The molecule has 0 spiro atoms. The Balaban J connectivity index is 2.18. The number of carbonyl (C=O) groups is 4. The van der Waals surface area contributed by atoms with E-state index in [1.807, 2.05) is 0 Å². The fourth-order valence-corrected chi connectivity index (χ4v) is 2.66. The maximum atomic E-state index is 12.8. The molecule has 0 fully saturated rings. The van der Waals surface area contributed by atoms with Crippen molar-refractivity contribution in [1.29, 1.82) is 0 Å². The van der Waals surface area contributed by atoms with Crippen LogP contribution in [-0.2, 0) is 32.7 Å². The highest BCUT2D eigenvalue weighted by Gasteiger charge is 2.23. The summed E-state index contributed by atoms with van der Waals surface area (Å²) in [5, 5.41) is 5.11. The predicted octanol–water partition coefficient (Wildman–Crippen LogP) is 0.0272. The van der Waals surface area contributed by atoms with Crippen molar-refractivity contribution >= 4 is 29.8 Å². The Hall–Kier alpha value is -4.02. The number of aldehydes is 1. The third kappa shape index (κ3) is 6.49. The van der Waals surface area contributed by atoms with E-state index < -0.39 is 29.4 Å². The Bertz CT molecular complexity index is 1040. The summed E-state index contributed by atoms with van der Waals surface area (Å²) in [6.07, 6.45) is 7.96. The van der Waals surface area contributed by atoms with Gasteiger partial charge < -0.3 is 29.3 Å². The Morgan fingerprint density at radius 3 is 2.74 bits per heavy atom. The highest BCUT2D eigenvalue weighted by atomic mass is 16.5. The van der Waals surface area contributed by atoms with Crippen LogP contribution < -0.4 is 16.2 Å². The van der Waals surface area contributed by atoms with Crippen LogP contribution in [0.1, 0.15) is 23.3 Å². The zero-order valence-corrected chi connectivity index (χ0v) is 17.1. The van der Waals surface area contributed by atoms with E-state index in [9.17, 15) is 24.0 Å². The Labute approximate surface area is 177 Å². The number of amides is 2. The fourth-order valence-electron chi connectivity index (χ4n) is 2.66. The molecular weight excluding hydrogens is 406 g/mol. The van der Waals surface area contributed by atoms with Crippen LogP contribution in [0.4, 0.5) is 5.69 Å². The van der Waals surface area contributed by atoms with Crippen molar-refractivity contribution in [3.63, 3.8) is 0 Å². The van der Waals surface area contributed by atoms with Crippen molar-refractivity contribution in [2.24, 2.45) is 7.05 Å². The molecule has 2 amide bonds. The number of imidazole rings is 1. The second kappa shape index (κ2) is 11.2. The molecule has 0 saturated carbocycles. The van der Waals surface area contributed by atoms with Gasteiger partial charge in [0.1, 0.15) is 23.7 Å². The van der Waals surface area contributed by atoms with Crippen molar-refractivity contribution < 1.29 is 23.9 Å². The van der Waals surface area contributed by atoms with Crippen molar-refractivity contribution in [3.05, 3.63) is 59.1 Å². The Kier molecular flexibility index (Phi) is 8.43. The lowest BCUT2D eigenvalue weighted by atomic mass is 10.1. The van der Waals surface area contributed by atoms with Crippen LogP contribution in [0, 0.1) is 0 Å². The van der Waals surface area contributed by atoms with Gasteiger partial charge in [0.2, 0.25) is 5.91 Å². The number of rotatable bonds is 10. The zero-order chi connectivity index (χ0) is 22.8. The van der Waals surface area contributed by atoms with Gasteiger partial charge in [-0.15, -0.1) is 0 Å². The zero-order valence-electron chi connectivity index (χ0n) is 17.1. The largest absolute Gasteiger partial charge is 0.466 e. The molecule has 1 unspecified atom stereocenters. The molecule has 1 atom stereocenters. The van der Waals surface area contributed by atoms with Gasteiger partial charge in [0, 0.05) is 19.3 Å².